The van der Waals surface area contributed by atoms with Crippen molar-refractivity contribution in [3.63, 3.8) is 0 Å². The van der Waals surface area contributed by atoms with Crippen molar-refractivity contribution in [1.82, 2.24) is 10.2 Å². The first kappa shape index (κ1) is 17.3. The van der Waals surface area contributed by atoms with Gasteiger partial charge in [0.25, 0.3) is 5.91 Å². The summed E-state index contributed by atoms with van der Waals surface area (Å²) in [7, 11) is 0. The zero-order valence-electron chi connectivity index (χ0n) is 13.5. The molecule has 5 atom stereocenters. The SMILES string of the molecule is CC(=O)N[C@H]1[C@@H](C(=O)N2C(C)CCC2C)OC(C(=O)O)=C[C@@H]1N. The molecular formula is C15H23N3O5. The molecule has 0 aromatic heterocycles. The fourth-order valence-corrected chi connectivity index (χ4v) is 3.24. The van der Waals surface area contributed by atoms with Crippen LogP contribution in [0.3, 0.4) is 0 Å². The maximum atomic E-state index is 12.9. The quantitative estimate of drug-likeness (QED) is 0.648. The molecule has 0 spiro atoms. The number of nitrogens with two attached hydrogens (primary N) is 1. The molecule has 0 saturated carbocycles. The summed E-state index contributed by atoms with van der Waals surface area (Å²) in [6.07, 6.45) is 1.81. The number of carboxylic acid groups (broad SMARTS) is 1. The van der Waals surface area contributed by atoms with E-state index in [0.717, 1.165) is 12.8 Å². The van der Waals surface area contributed by atoms with Crippen LogP contribution in [0, 0.1) is 0 Å². The molecule has 1 fully saturated rings. The Morgan fingerprint density at radius 3 is 2.35 bits per heavy atom. The molecule has 1 saturated heterocycles. The maximum absolute atomic E-state index is 12.9. The largest absolute Gasteiger partial charge is 0.475 e. The highest BCUT2D eigenvalue weighted by atomic mass is 16.5. The first-order valence-electron chi connectivity index (χ1n) is 7.69. The van der Waals surface area contributed by atoms with Crippen LogP contribution in [-0.2, 0) is 19.1 Å². The summed E-state index contributed by atoms with van der Waals surface area (Å²) in [6.45, 7) is 5.18. The molecule has 0 aliphatic carbocycles. The molecule has 4 N–H and O–H groups in total. The fourth-order valence-electron chi connectivity index (χ4n) is 3.24. The highest BCUT2D eigenvalue weighted by Crippen LogP contribution is 2.28. The molecule has 0 radical (unpaired) electrons. The lowest BCUT2D eigenvalue weighted by Gasteiger charge is -2.38. The normalized spacial score (nSPS) is 33.7. The van der Waals surface area contributed by atoms with E-state index < -0.39 is 24.2 Å². The number of likely N-dealkylation sites (tertiary alicyclic amines) is 1. The molecule has 2 aliphatic heterocycles. The molecule has 0 aromatic rings. The first-order chi connectivity index (χ1) is 10.7. The molecule has 2 unspecified atom stereocenters. The molecular weight excluding hydrogens is 302 g/mol. The zero-order chi connectivity index (χ0) is 17.3. The van der Waals surface area contributed by atoms with Crippen molar-refractivity contribution >= 4 is 17.8 Å². The van der Waals surface area contributed by atoms with E-state index in [4.69, 9.17) is 15.6 Å². The van der Waals surface area contributed by atoms with Crippen molar-refractivity contribution in [2.75, 3.05) is 0 Å². The Kier molecular flexibility index (Phi) is 4.93. The second-order valence-electron chi connectivity index (χ2n) is 6.20. The summed E-state index contributed by atoms with van der Waals surface area (Å²) in [4.78, 5) is 37.2. The number of carbonyl (C=O) groups is 3. The summed E-state index contributed by atoms with van der Waals surface area (Å²) < 4.78 is 5.38. The van der Waals surface area contributed by atoms with E-state index in [1.165, 1.54) is 13.0 Å². The van der Waals surface area contributed by atoms with Gasteiger partial charge in [0.2, 0.25) is 11.7 Å². The van der Waals surface area contributed by atoms with E-state index >= 15 is 0 Å². The topological polar surface area (TPSA) is 122 Å². The molecule has 2 aliphatic rings. The number of carboxylic acids is 1. The predicted molar refractivity (Wildman–Crippen MR) is 81.2 cm³/mol. The molecule has 0 aromatic carbocycles. The zero-order valence-corrected chi connectivity index (χ0v) is 13.5. The van der Waals surface area contributed by atoms with Crippen LogP contribution < -0.4 is 11.1 Å². The summed E-state index contributed by atoms with van der Waals surface area (Å²) in [5.41, 5.74) is 5.95. The molecule has 23 heavy (non-hydrogen) atoms. The van der Waals surface area contributed by atoms with Crippen molar-refractivity contribution in [2.45, 2.75) is 63.9 Å². The molecule has 8 heteroatoms. The molecule has 2 heterocycles. The van der Waals surface area contributed by atoms with Gasteiger partial charge >= 0.3 is 5.97 Å². The van der Waals surface area contributed by atoms with Gasteiger partial charge in [-0.25, -0.2) is 4.79 Å². The molecule has 8 nitrogen and oxygen atoms in total. The van der Waals surface area contributed by atoms with Gasteiger partial charge < -0.3 is 25.8 Å². The van der Waals surface area contributed by atoms with Crippen LogP contribution in [0.15, 0.2) is 11.8 Å². The van der Waals surface area contributed by atoms with Crippen molar-refractivity contribution in [1.29, 1.82) is 0 Å². The van der Waals surface area contributed by atoms with Gasteiger partial charge in [-0.2, -0.15) is 0 Å². The molecule has 128 valence electrons. The smallest absolute Gasteiger partial charge is 0.370 e. The molecule has 2 rings (SSSR count). The first-order valence-corrected chi connectivity index (χ1v) is 7.69. The van der Waals surface area contributed by atoms with Crippen molar-refractivity contribution in [3.8, 4) is 0 Å². The number of ether oxygens (including phenoxy) is 1. The van der Waals surface area contributed by atoms with E-state index in [0.29, 0.717) is 0 Å². The highest BCUT2D eigenvalue weighted by Gasteiger charge is 2.45. The summed E-state index contributed by atoms with van der Waals surface area (Å²) in [5.74, 6) is -2.36. The number of hydrogen-bond acceptors (Lipinski definition) is 5. The average Bonchev–Trinajstić information content (AvgIpc) is 2.78. The monoisotopic (exact) mass is 325 g/mol. The van der Waals surface area contributed by atoms with Crippen LogP contribution in [0.5, 0.6) is 0 Å². The minimum atomic E-state index is -1.29. The number of nitrogens with one attached hydrogen (secondary N) is 1. The van der Waals surface area contributed by atoms with Crippen LogP contribution in [0.4, 0.5) is 0 Å². The lowest BCUT2D eigenvalue weighted by molar-refractivity contribution is -0.151. The lowest BCUT2D eigenvalue weighted by atomic mass is 9.97. The average molecular weight is 325 g/mol. The second kappa shape index (κ2) is 6.57. The van der Waals surface area contributed by atoms with E-state index in [-0.39, 0.29) is 29.7 Å². The lowest BCUT2D eigenvalue weighted by Crippen LogP contribution is -2.62. The van der Waals surface area contributed by atoms with Gasteiger partial charge in [0.05, 0.1) is 12.1 Å². The van der Waals surface area contributed by atoms with Gasteiger partial charge in [-0.15, -0.1) is 0 Å². The Labute approximate surface area is 134 Å². The van der Waals surface area contributed by atoms with Crippen LogP contribution in [0.1, 0.15) is 33.6 Å². The summed E-state index contributed by atoms with van der Waals surface area (Å²) in [5, 5.41) is 11.7. The third-order valence-corrected chi connectivity index (χ3v) is 4.37. The van der Waals surface area contributed by atoms with Gasteiger partial charge in [0.15, 0.2) is 6.10 Å². The van der Waals surface area contributed by atoms with Crippen molar-refractivity contribution in [3.05, 3.63) is 11.8 Å². The van der Waals surface area contributed by atoms with Crippen molar-refractivity contribution in [2.24, 2.45) is 5.73 Å². The Morgan fingerprint density at radius 2 is 1.87 bits per heavy atom. The van der Waals surface area contributed by atoms with Crippen molar-refractivity contribution < 1.29 is 24.2 Å². The summed E-state index contributed by atoms with van der Waals surface area (Å²) >= 11 is 0. The molecule has 2 amide bonds. The minimum Gasteiger partial charge on any atom is -0.475 e. The van der Waals surface area contributed by atoms with E-state index in [2.05, 4.69) is 5.32 Å². The second-order valence-corrected chi connectivity index (χ2v) is 6.20. The van der Waals surface area contributed by atoms with Crippen LogP contribution in [0.2, 0.25) is 0 Å². The number of hydrogen-bond donors (Lipinski definition) is 3. The highest BCUT2D eigenvalue weighted by molar-refractivity contribution is 5.89. The van der Waals surface area contributed by atoms with E-state index in [9.17, 15) is 14.4 Å². The maximum Gasteiger partial charge on any atom is 0.370 e. The van der Waals surface area contributed by atoms with E-state index in [1.54, 1.807) is 4.90 Å². The van der Waals surface area contributed by atoms with Crippen LogP contribution >= 0.6 is 0 Å². The fraction of sp³-hybridized carbons (Fsp3) is 0.667. The van der Waals surface area contributed by atoms with Crippen LogP contribution in [-0.4, -0.2) is 58.1 Å². The van der Waals surface area contributed by atoms with Crippen LogP contribution in [0.25, 0.3) is 0 Å². The predicted octanol–water partition coefficient (Wildman–Crippen LogP) is -0.415. The van der Waals surface area contributed by atoms with Gasteiger partial charge in [0.1, 0.15) is 0 Å². The number of amides is 2. The Bertz CT molecular complexity index is 537. The minimum absolute atomic E-state index is 0.0366. The van der Waals surface area contributed by atoms with Gasteiger partial charge in [-0.05, 0) is 32.8 Å². The Morgan fingerprint density at radius 1 is 1.30 bits per heavy atom. The number of aliphatic carboxylic acids is 1. The van der Waals surface area contributed by atoms with E-state index in [1.807, 2.05) is 13.8 Å². The molecule has 0 bridgehead atoms. The number of carbonyl (C=O) groups excluding carboxylic acids is 2. The summed E-state index contributed by atoms with van der Waals surface area (Å²) in [6, 6.07) is -1.55. The standard InChI is InChI=1S/C15H23N3O5/c1-7-4-5-8(2)18(7)14(20)13-12(17-9(3)19)10(16)6-11(23-13)15(21)22/h6-8,10,12-13H,4-5,16H2,1-3H3,(H,17,19)(H,21,22)/t7?,8?,10-,12+,13-/m0/s1. The number of rotatable bonds is 3. The van der Waals surface area contributed by atoms with Gasteiger partial charge in [-0.1, -0.05) is 0 Å². The number of nitrogens with zero attached hydrogens (tertiary/aromatic N) is 1. The Balaban J connectivity index is 2.31. The Hall–Kier alpha value is -2.09. The third-order valence-electron chi connectivity index (χ3n) is 4.37. The third kappa shape index (κ3) is 3.47. The van der Waals surface area contributed by atoms with Gasteiger partial charge in [-0.3, -0.25) is 9.59 Å². The van der Waals surface area contributed by atoms with Gasteiger partial charge in [0, 0.05) is 19.0 Å².